The van der Waals surface area contributed by atoms with E-state index < -0.39 is 11.9 Å². The average Bonchev–Trinajstić information content (AvgIpc) is 2.61. The zero-order valence-corrected chi connectivity index (χ0v) is 12.8. The summed E-state index contributed by atoms with van der Waals surface area (Å²) in [5, 5.41) is 9.16. The van der Waals surface area contributed by atoms with Crippen LogP contribution in [0.5, 0.6) is 0 Å². The fraction of sp³-hybridized carbons (Fsp3) is 0.294. The Hall–Kier alpha value is -2.75. The maximum atomic E-state index is 12.9. The smallest absolute Gasteiger partial charge is 0.368 e. The summed E-state index contributed by atoms with van der Waals surface area (Å²) in [5.74, 6) is 0.111. The highest BCUT2D eigenvalue weighted by molar-refractivity contribution is 5.56. The second-order valence-corrected chi connectivity index (χ2v) is 5.49. The Morgan fingerprint density at radius 3 is 2.12 bits per heavy atom. The highest BCUT2D eigenvalue weighted by Gasteiger charge is 2.34. The van der Waals surface area contributed by atoms with E-state index in [-0.39, 0.29) is 11.4 Å². The Labute approximate surface area is 137 Å². The van der Waals surface area contributed by atoms with Gasteiger partial charge >= 0.3 is 6.18 Å². The molecule has 0 radical (unpaired) electrons. The molecule has 3 rings (SSSR count). The number of anilines is 2. The predicted molar refractivity (Wildman–Crippen MR) is 84.8 cm³/mol. The molecule has 4 nitrogen and oxygen atoms in total. The van der Waals surface area contributed by atoms with Crippen molar-refractivity contribution < 1.29 is 13.2 Å². The van der Waals surface area contributed by atoms with Gasteiger partial charge in [-0.05, 0) is 24.3 Å². The normalized spacial score (nSPS) is 15.2. The fourth-order valence-electron chi connectivity index (χ4n) is 2.75. The van der Waals surface area contributed by atoms with Gasteiger partial charge in [-0.2, -0.15) is 18.4 Å². The van der Waals surface area contributed by atoms with Gasteiger partial charge in [0.25, 0.3) is 0 Å². The van der Waals surface area contributed by atoms with Crippen LogP contribution in [0.15, 0.2) is 42.5 Å². The first-order valence-electron chi connectivity index (χ1n) is 7.52. The number of nitriles is 1. The Morgan fingerprint density at radius 1 is 0.917 bits per heavy atom. The summed E-state index contributed by atoms with van der Waals surface area (Å²) < 4.78 is 38.6. The molecule has 0 atom stereocenters. The van der Waals surface area contributed by atoms with Gasteiger partial charge in [0.05, 0.1) is 5.56 Å². The predicted octanol–water partition coefficient (Wildman–Crippen LogP) is 3.30. The minimum atomic E-state index is -4.52. The number of pyridine rings is 1. The van der Waals surface area contributed by atoms with Gasteiger partial charge in [0, 0.05) is 31.9 Å². The molecule has 0 spiro atoms. The van der Waals surface area contributed by atoms with E-state index in [1.54, 1.807) is 4.90 Å². The van der Waals surface area contributed by atoms with Crippen LogP contribution in [0.2, 0.25) is 0 Å². The van der Waals surface area contributed by atoms with Crippen LogP contribution in [-0.4, -0.2) is 31.2 Å². The zero-order chi connectivity index (χ0) is 17.2. The van der Waals surface area contributed by atoms with Crippen LogP contribution in [0.3, 0.4) is 0 Å². The molecule has 0 N–H and O–H groups in total. The molecule has 0 aliphatic carbocycles. The van der Waals surface area contributed by atoms with Crippen LogP contribution < -0.4 is 9.80 Å². The second kappa shape index (κ2) is 6.40. The van der Waals surface area contributed by atoms with Crippen molar-refractivity contribution in [2.24, 2.45) is 0 Å². The number of hydrogen-bond acceptors (Lipinski definition) is 4. The largest absolute Gasteiger partial charge is 0.433 e. The summed E-state index contributed by atoms with van der Waals surface area (Å²) >= 11 is 0. The standard InChI is InChI=1S/C17H15F3N4/c18-17(19,20)15-7-6-13(12-21)16(22-15)24-10-8-23(9-11-24)14-4-2-1-3-5-14/h1-7H,8-11H2. The van der Waals surface area contributed by atoms with Gasteiger partial charge < -0.3 is 9.80 Å². The molecule has 2 heterocycles. The van der Waals surface area contributed by atoms with Crippen molar-refractivity contribution in [2.75, 3.05) is 36.0 Å². The first-order valence-corrected chi connectivity index (χ1v) is 7.52. The molecule has 2 aromatic rings. The SMILES string of the molecule is N#Cc1ccc(C(F)(F)F)nc1N1CCN(c2ccccc2)CC1. The minimum Gasteiger partial charge on any atom is -0.368 e. The molecule has 24 heavy (non-hydrogen) atoms. The maximum absolute atomic E-state index is 12.9. The second-order valence-electron chi connectivity index (χ2n) is 5.49. The number of nitrogens with zero attached hydrogens (tertiary/aromatic N) is 4. The number of aromatic nitrogens is 1. The minimum absolute atomic E-state index is 0.111. The van der Waals surface area contributed by atoms with Gasteiger partial charge in [-0.1, -0.05) is 18.2 Å². The Bertz CT molecular complexity index is 745. The molecule has 0 amide bonds. The van der Waals surface area contributed by atoms with E-state index in [0.29, 0.717) is 26.2 Å². The van der Waals surface area contributed by atoms with Crippen molar-refractivity contribution >= 4 is 11.5 Å². The van der Waals surface area contributed by atoms with E-state index in [9.17, 15) is 13.2 Å². The first kappa shape index (κ1) is 16.1. The summed E-state index contributed by atoms with van der Waals surface area (Å²) in [7, 11) is 0. The van der Waals surface area contributed by atoms with Crippen LogP contribution in [0, 0.1) is 11.3 Å². The summed E-state index contributed by atoms with van der Waals surface area (Å²) in [6.45, 7) is 2.34. The van der Waals surface area contributed by atoms with Crippen molar-refractivity contribution in [3.63, 3.8) is 0 Å². The summed E-state index contributed by atoms with van der Waals surface area (Å²) in [6, 6.07) is 13.8. The van der Waals surface area contributed by atoms with Crippen molar-refractivity contribution in [1.29, 1.82) is 5.26 Å². The average molecular weight is 332 g/mol. The lowest BCUT2D eigenvalue weighted by atomic mass is 10.2. The molecule has 1 aliphatic rings. The lowest BCUT2D eigenvalue weighted by molar-refractivity contribution is -0.141. The molecular weight excluding hydrogens is 317 g/mol. The van der Waals surface area contributed by atoms with Gasteiger partial charge in [0.2, 0.25) is 0 Å². The number of benzene rings is 1. The van der Waals surface area contributed by atoms with Crippen molar-refractivity contribution in [1.82, 2.24) is 4.98 Å². The third-order valence-electron chi connectivity index (χ3n) is 3.99. The molecule has 124 valence electrons. The Kier molecular flexibility index (Phi) is 4.30. The molecule has 1 aromatic heterocycles. The number of piperazine rings is 1. The van der Waals surface area contributed by atoms with Gasteiger partial charge in [0.1, 0.15) is 17.6 Å². The monoisotopic (exact) mass is 332 g/mol. The highest BCUT2D eigenvalue weighted by atomic mass is 19.4. The first-order chi connectivity index (χ1) is 11.5. The summed E-state index contributed by atoms with van der Waals surface area (Å²) in [5.41, 5.74) is 0.271. The molecule has 1 saturated heterocycles. The molecule has 1 fully saturated rings. The number of para-hydroxylation sites is 1. The quantitative estimate of drug-likeness (QED) is 0.846. The summed E-state index contributed by atoms with van der Waals surface area (Å²) in [4.78, 5) is 7.60. The van der Waals surface area contributed by atoms with Gasteiger partial charge in [-0.15, -0.1) is 0 Å². The van der Waals surface area contributed by atoms with E-state index in [1.807, 2.05) is 36.4 Å². The molecular formula is C17H15F3N4. The van der Waals surface area contributed by atoms with E-state index in [4.69, 9.17) is 5.26 Å². The number of alkyl halides is 3. The van der Waals surface area contributed by atoms with Crippen LogP contribution >= 0.6 is 0 Å². The van der Waals surface area contributed by atoms with Crippen LogP contribution in [-0.2, 0) is 6.18 Å². The molecule has 7 heteroatoms. The van der Waals surface area contributed by atoms with E-state index >= 15 is 0 Å². The van der Waals surface area contributed by atoms with E-state index in [0.717, 1.165) is 11.8 Å². The molecule has 0 unspecified atom stereocenters. The highest BCUT2D eigenvalue weighted by Crippen LogP contribution is 2.31. The molecule has 0 bridgehead atoms. The maximum Gasteiger partial charge on any atom is 0.433 e. The molecule has 1 aromatic carbocycles. The lowest BCUT2D eigenvalue weighted by Crippen LogP contribution is -2.47. The lowest BCUT2D eigenvalue weighted by Gasteiger charge is -2.37. The van der Waals surface area contributed by atoms with Gasteiger partial charge in [-0.25, -0.2) is 4.98 Å². The fourth-order valence-corrected chi connectivity index (χ4v) is 2.75. The van der Waals surface area contributed by atoms with Gasteiger partial charge in [0.15, 0.2) is 0 Å². The van der Waals surface area contributed by atoms with Crippen molar-refractivity contribution in [3.8, 4) is 6.07 Å². The Morgan fingerprint density at radius 2 is 1.54 bits per heavy atom. The molecule has 1 aliphatic heterocycles. The van der Waals surface area contributed by atoms with Crippen LogP contribution in [0.4, 0.5) is 24.7 Å². The summed E-state index contributed by atoms with van der Waals surface area (Å²) in [6.07, 6.45) is -4.52. The zero-order valence-electron chi connectivity index (χ0n) is 12.8. The van der Waals surface area contributed by atoms with Crippen LogP contribution in [0.1, 0.15) is 11.3 Å². The van der Waals surface area contributed by atoms with Crippen molar-refractivity contribution in [3.05, 3.63) is 53.7 Å². The number of halogens is 3. The topological polar surface area (TPSA) is 43.2 Å². The third-order valence-corrected chi connectivity index (χ3v) is 3.99. The number of rotatable bonds is 2. The van der Waals surface area contributed by atoms with Gasteiger partial charge in [-0.3, -0.25) is 0 Å². The third kappa shape index (κ3) is 3.27. The van der Waals surface area contributed by atoms with E-state index in [1.165, 1.54) is 6.07 Å². The van der Waals surface area contributed by atoms with Crippen molar-refractivity contribution in [2.45, 2.75) is 6.18 Å². The Balaban J connectivity index is 1.80. The van der Waals surface area contributed by atoms with E-state index in [2.05, 4.69) is 9.88 Å². The number of hydrogen-bond donors (Lipinski definition) is 0. The molecule has 0 saturated carbocycles. The van der Waals surface area contributed by atoms with Crippen LogP contribution in [0.25, 0.3) is 0 Å².